The van der Waals surface area contributed by atoms with E-state index in [1.165, 1.54) is 0 Å². The minimum atomic E-state index is -3.79. The van der Waals surface area contributed by atoms with Gasteiger partial charge in [-0.15, -0.1) is 0 Å². The summed E-state index contributed by atoms with van der Waals surface area (Å²) in [6.07, 6.45) is 2.26. The molecule has 0 radical (unpaired) electrons. The molecule has 1 aliphatic carbocycles. The molecule has 4 N–H and O–H groups in total. The second-order valence-electron chi connectivity index (χ2n) is 4.76. The third-order valence-corrected chi connectivity index (χ3v) is 4.80. The molecule has 0 aliphatic heterocycles. The van der Waals surface area contributed by atoms with E-state index >= 15 is 0 Å². The van der Waals surface area contributed by atoms with Crippen LogP contribution in [0.1, 0.15) is 25.7 Å². The summed E-state index contributed by atoms with van der Waals surface area (Å²) in [6.45, 7) is 0. The fraction of sp³-hybridized carbons (Fsp3) is 0.500. The molecule has 7 heteroatoms. The van der Waals surface area contributed by atoms with E-state index in [0.717, 1.165) is 31.0 Å². The second kappa shape index (κ2) is 5.44. The van der Waals surface area contributed by atoms with Crippen LogP contribution in [0.3, 0.4) is 0 Å². The highest BCUT2D eigenvalue weighted by molar-refractivity contribution is 7.89. The molecule has 0 aromatic heterocycles. The lowest BCUT2D eigenvalue weighted by molar-refractivity contribution is 0.101. The summed E-state index contributed by atoms with van der Waals surface area (Å²) in [5.74, 6) is -0.656. The Kier molecular flexibility index (Phi) is 4.07. The van der Waals surface area contributed by atoms with Crippen LogP contribution in [-0.4, -0.2) is 25.7 Å². The van der Waals surface area contributed by atoms with Gasteiger partial charge in [-0.05, 0) is 31.0 Å². The lowest BCUT2D eigenvalue weighted by atomic mass is 9.93. The predicted molar refractivity (Wildman–Crippen MR) is 69.4 cm³/mol. The number of nitrogens with two attached hydrogens (primary N) is 1. The number of benzene rings is 1. The highest BCUT2D eigenvalue weighted by Gasteiger charge is 2.28. The van der Waals surface area contributed by atoms with Crippen LogP contribution in [-0.2, 0) is 10.0 Å². The van der Waals surface area contributed by atoms with Crippen LogP contribution in [0, 0.1) is 5.82 Å². The van der Waals surface area contributed by atoms with Crippen LogP contribution >= 0.6 is 0 Å². The maximum absolute atomic E-state index is 13.0. The summed E-state index contributed by atoms with van der Waals surface area (Å²) in [4.78, 5) is -0.0934. The van der Waals surface area contributed by atoms with Crippen molar-refractivity contribution in [3.8, 4) is 0 Å². The quantitative estimate of drug-likeness (QED) is 0.723. The maximum atomic E-state index is 13.0. The van der Waals surface area contributed by atoms with Crippen molar-refractivity contribution in [2.45, 2.75) is 42.7 Å². The molecule has 19 heavy (non-hydrogen) atoms. The number of aliphatic hydroxyl groups is 1. The monoisotopic (exact) mass is 288 g/mol. The molecule has 0 unspecified atom stereocenters. The van der Waals surface area contributed by atoms with Gasteiger partial charge in [0.05, 0.1) is 16.7 Å². The Morgan fingerprint density at radius 2 is 2.00 bits per heavy atom. The standard InChI is InChI=1S/C12H17FN2O3S/c13-9-6-5-8(7-10(9)14)19(17,18)15-11-3-1-2-4-12(11)16/h5-7,11-12,15-16H,1-4,14H2/t11-,12-/m1/s1. The van der Waals surface area contributed by atoms with E-state index in [1.807, 2.05) is 0 Å². The molecular weight excluding hydrogens is 271 g/mol. The Labute approximate surface area is 111 Å². The molecule has 106 valence electrons. The van der Waals surface area contributed by atoms with Crippen molar-refractivity contribution in [2.75, 3.05) is 5.73 Å². The first-order valence-electron chi connectivity index (χ1n) is 6.15. The number of hydrogen-bond acceptors (Lipinski definition) is 4. The van der Waals surface area contributed by atoms with Crippen molar-refractivity contribution < 1.29 is 17.9 Å². The van der Waals surface area contributed by atoms with Gasteiger partial charge in [-0.2, -0.15) is 0 Å². The van der Waals surface area contributed by atoms with Crippen LogP contribution < -0.4 is 10.5 Å². The van der Waals surface area contributed by atoms with Crippen LogP contribution in [0.4, 0.5) is 10.1 Å². The number of aliphatic hydroxyl groups excluding tert-OH is 1. The molecule has 2 atom stereocenters. The number of rotatable bonds is 3. The van der Waals surface area contributed by atoms with Crippen LogP contribution in [0.25, 0.3) is 0 Å². The predicted octanol–water partition coefficient (Wildman–Crippen LogP) is 0.990. The molecule has 0 spiro atoms. The first-order valence-corrected chi connectivity index (χ1v) is 7.64. The number of sulfonamides is 1. The van der Waals surface area contributed by atoms with E-state index in [1.54, 1.807) is 0 Å². The molecule has 1 aromatic carbocycles. The molecule has 0 bridgehead atoms. The van der Waals surface area contributed by atoms with E-state index in [9.17, 15) is 17.9 Å². The summed E-state index contributed by atoms with van der Waals surface area (Å²) < 4.78 is 39.7. The Bertz CT molecular complexity index is 562. The maximum Gasteiger partial charge on any atom is 0.240 e. The van der Waals surface area contributed by atoms with Gasteiger partial charge in [-0.1, -0.05) is 12.8 Å². The van der Waals surface area contributed by atoms with Crippen molar-refractivity contribution in [1.82, 2.24) is 4.72 Å². The topological polar surface area (TPSA) is 92.4 Å². The van der Waals surface area contributed by atoms with E-state index < -0.39 is 28.0 Å². The van der Waals surface area contributed by atoms with Gasteiger partial charge in [0.1, 0.15) is 5.82 Å². The highest BCUT2D eigenvalue weighted by Crippen LogP contribution is 2.22. The minimum Gasteiger partial charge on any atom is -0.396 e. The lowest BCUT2D eigenvalue weighted by Crippen LogP contribution is -2.44. The zero-order valence-electron chi connectivity index (χ0n) is 10.3. The number of nitrogen functional groups attached to an aromatic ring is 1. The number of nitrogens with one attached hydrogen (secondary N) is 1. The van der Waals surface area contributed by atoms with Crippen LogP contribution in [0.2, 0.25) is 0 Å². The zero-order chi connectivity index (χ0) is 14.0. The average Bonchev–Trinajstić information content (AvgIpc) is 2.35. The van der Waals surface area contributed by atoms with Gasteiger partial charge >= 0.3 is 0 Å². The smallest absolute Gasteiger partial charge is 0.240 e. The van der Waals surface area contributed by atoms with Gasteiger partial charge in [0.15, 0.2) is 0 Å². The van der Waals surface area contributed by atoms with Crippen molar-refractivity contribution in [1.29, 1.82) is 0 Å². The Balaban J connectivity index is 2.19. The molecule has 0 amide bonds. The summed E-state index contributed by atoms with van der Waals surface area (Å²) in [5.41, 5.74) is 5.15. The Morgan fingerprint density at radius 3 is 2.63 bits per heavy atom. The molecule has 0 saturated heterocycles. The van der Waals surface area contributed by atoms with E-state index in [0.29, 0.717) is 12.8 Å². The number of hydrogen-bond donors (Lipinski definition) is 3. The van der Waals surface area contributed by atoms with Crippen molar-refractivity contribution in [3.63, 3.8) is 0 Å². The summed E-state index contributed by atoms with van der Waals surface area (Å²) >= 11 is 0. The third-order valence-electron chi connectivity index (χ3n) is 3.31. The van der Waals surface area contributed by atoms with Gasteiger partial charge in [0, 0.05) is 6.04 Å². The molecule has 0 heterocycles. The fourth-order valence-corrected chi connectivity index (χ4v) is 3.54. The second-order valence-corrected chi connectivity index (χ2v) is 6.48. The van der Waals surface area contributed by atoms with E-state index in [2.05, 4.69) is 4.72 Å². The lowest BCUT2D eigenvalue weighted by Gasteiger charge is -2.28. The SMILES string of the molecule is Nc1cc(S(=O)(=O)N[C@@H]2CCCC[C@H]2O)ccc1F. The van der Waals surface area contributed by atoms with Crippen molar-refractivity contribution >= 4 is 15.7 Å². The number of halogens is 1. The molecule has 1 aliphatic rings. The summed E-state index contributed by atoms with van der Waals surface area (Å²) in [6, 6.07) is 2.75. The van der Waals surface area contributed by atoms with Crippen LogP contribution in [0.5, 0.6) is 0 Å². The number of anilines is 1. The van der Waals surface area contributed by atoms with E-state index in [-0.39, 0.29) is 10.6 Å². The molecule has 2 rings (SSSR count). The Morgan fingerprint density at radius 1 is 1.32 bits per heavy atom. The molecule has 1 fully saturated rings. The van der Waals surface area contributed by atoms with Gasteiger partial charge in [-0.3, -0.25) is 0 Å². The molecule has 1 saturated carbocycles. The molecule has 1 aromatic rings. The highest BCUT2D eigenvalue weighted by atomic mass is 32.2. The van der Waals surface area contributed by atoms with Crippen LogP contribution in [0.15, 0.2) is 23.1 Å². The van der Waals surface area contributed by atoms with Gasteiger partial charge in [0.2, 0.25) is 10.0 Å². The molecule has 5 nitrogen and oxygen atoms in total. The summed E-state index contributed by atoms with van der Waals surface area (Å²) in [7, 11) is -3.79. The molecular formula is C12H17FN2O3S. The zero-order valence-corrected chi connectivity index (χ0v) is 11.2. The van der Waals surface area contributed by atoms with Gasteiger partial charge in [0.25, 0.3) is 0 Å². The first-order chi connectivity index (χ1) is 8.90. The largest absolute Gasteiger partial charge is 0.396 e. The third kappa shape index (κ3) is 3.23. The van der Waals surface area contributed by atoms with Crippen molar-refractivity contribution in [3.05, 3.63) is 24.0 Å². The normalized spacial score (nSPS) is 24.3. The van der Waals surface area contributed by atoms with Gasteiger partial charge < -0.3 is 10.8 Å². The van der Waals surface area contributed by atoms with Gasteiger partial charge in [-0.25, -0.2) is 17.5 Å². The van der Waals surface area contributed by atoms with E-state index in [4.69, 9.17) is 5.73 Å². The fourth-order valence-electron chi connectivity index (χ4n) is 2.21. The summed E-state index contributed by atoms with van der Waals surface area (Å²) in [5, 5.41) is 9.77. The first kappa shape index (κ1) is 14.2. The van der Waals surface area contributed by atoms with Crippen molar-refractivity contribution in [2.24, 2.45) is 0 Å². The minimum absolute atomic E-state index is 0.0934. The Hall–Kier alpha value is -1.18. The average molecular weight is 288 g/mol.